The zero-order valence-corrected chi connectivity index (χ0v) is 29.4. The Morgan fingerprint density at radius 1 is 0.833 bits per heavy atom. The topological polar surface area (TPSA) is 67.0 Å². The summed E-state index contributed by atoms with van der Waals surface area (Å²) in [6.45, 7) is 17.8. The smallest absolute Gasteiger partial charge is 0.333 e. The van der Waals surface area contributed by atoms with Gasteiger partial charge in [-0.2, -0.15) is 0 Å². The number of aliphatic hydroxyl groups is 1. The SMILES string of the molecule is C=C(C)C(=O)OC1CCC([NH+]=C2C=CC(=C(c3ccc(N(CC)CC)cc3)c3ccc(N(CC)CC)cc3CO)c3ccccc32)CC1. The van der Waals surface area contributed by atoms with Crippen molar-refractivity contribution in [1.29, 1.82) is 0 Å². The van der Waals surface area contributed by atoms with Gasteiger partial charge in [-0.25, -0.2) is 9.79 Å². The van der Waals surface area contributed by atoms with E-state index in [1.54, 1.807) is 6.92 Å². The van der Waals surface area contributed by atoms with E-state index in [4.69, 9.17) is 4.74 Å². The monoisotopic (exact) mass is 646 g/mol. The van der Waals surface area contributed by atoms with E-state index < -0.39 is 0 Å². The van der Waals surface area contributed by atoms with Crippen LogP contribution in [0.5, 0.6) is 0 Å². The number of nitrogens with one attached hydrogen (secondary N) is 1. The lowest BCUT2D eigenvalue weighted by atomic mass is 9.82. The number of rotatable bonds is 12. The van der Waals surface area contributed by atoms with Crippen molar-refractivity contribution < 1.29 is 19.6 Å². The summed E-state index contributed by atoms with van der Waals surface area (Å²) in [4.78, 5) is 20.6. The fourth-order valence-corrected chi connectivity index (χ4v) is 7.06. The number of anilines is 2. The molecule has 0 bridgehead atoms. The van der Waals surface area contributed by atoms with E-state index in [9.17, 15) is 9.90 Å². The first kappa shape index (κ1) is 34.9. The summed E-state index contributed by atoms with van der Waals surface area (Å²) < 4.78 is 5.64. The van der Waals surface area contributed by atoms with Crippen molar-refractivity contribution in [2.45, 2.75) is 79.1 Å². The Bertz CT molecular complexity index is 1690. The third-order valence-corrected chi connectivity index (χ3v) is 9.79. The maximum absolute atomic E-state index is 12.1. The molecule has 0 aromatic heterocycles. The molecule has 3 aromatic rings. The van der Waals surface area contributed by atoms with Gasteiger partial charge in [0, 0.05) is 62.0 Å². The number of nitrogens with zero attached hydrogens (tertiary/aromatic N) is 2. The lowest BCUT2D eigenvalue weighted by Gasteiger charge is -2.26. The minimum atomic E-state index is -0.296. The number of ether oxygens (including phenoxy) is 1. The number of carbonyl (C=O) groups is 1. The highest BCUT2D eigenvalue weighted by Gasteiger charge is 2.29. The zero-order chi connectivity index (χ0) is 34.2. The van der Waals surface area contributed by atoms with Crippen molar-refractivity contribution in [3.63, 3.8) is 0 Å². The van der Waals surface area contributed by atoms with Crippen LogP contribution in [0.1, 0.15) is 88.1 Å². The van der Waals surface area contributed by atoms with Gasteiger partial charge >= 0.3 is 5.97 Å². The van der Waals surface area contributed by atoms with Crippen LogP contribution in [0.2, 0.25) is 0 Å². The molecule has 0 atom stereocenters. The fraction of sp³-hybridized carbons (Fsp3) is 0.381. The first-order chi connectivity index (χ1) is 23.3. The van der Waals surface area contributed by atoms with Crippen molar-refractivity contribution in [3.8, 4) is 0 Å². The first-order valence-corrected chi connectivity index (χ1v) is 17.7. The van der Waals surface area contributed by atoms with E-state index in [1.807, 2.05) is 0 Å². The molecule has 6 nitrogen and oxygen atoms in total. The second kappa shape index (κ2) is 16.1. The quantitative estimate of drug-likeness (QED) is 0.169. The number of carbonyl (C=O) groups excluding carboxylic acids is 1. The molecule has 252 valence electrons. The molecule has 6 heteroatoms. The van der Waals surface area contributed by atoms with Gasteiger partial charge in [0.1, 0.15) is 6.10 Å². The Kier molecular flexibility index (Phi) is 11.7. The molecule has 0 amide bonds. The molecule has 2 aliphatic carbocycles. The van der Waals surface area contributed by atoms with Gasteiger partial charge in [0.05, 0.1) is 12.2 Å². The van der Waals surface area contributed by atoms with Crippen LogP contribution in [0.3, 0.4) is 0 Å². The van der Waals surface area contributed by atoms with E-state index >= 15 is 0 Å². The van der Waals surface area contributed by atoms with Crippen molar-refractivity contribution in [2.75, 3.05) is 36.0 Å². The lowest BCUT2D eigenvalue weighted by molar-refractivity contribution is -0.507. The average Bonchev–Trinajstić information content (AvgIpc) is 3.12. The van der Waals surface area contributed by atoms with E-state index in [2.05, 4.69) is 128 Å². The largest absolute Gasteiger partial charge is 0.459 e. The number of esters is 1. The van der Waals surface area contributed by atoms with Gasteiger partial charge in [-0.15, -0.1) is 0 Å². The van der Waals surface area contributed by atoms with Crippen LogP contribution in [-0.4, -0.2) is 55.1 Å². The average molecular weight is 647 g/mol. The number of hydrogen-bond donors (Lipinski definition) is 2. The van der Waals surface area contributed by atoms with Crippen molar-refractivity contribution in [3.05, 3.63) is 119 Å². The summed E-state index contributed by atoms with van der Waals surface area (Å²) in [6, 6.07) is 24.3. The van der Waals surface area contributed by atoms with Crippen molar-refractivity contribution >= 4 is 34.2 Å². The van der Waals surface area contributed by atoms with Crippen LogP contribution in [0.4, 0.5) is 11.4 Å². The fourth-order valence-electron chi connectivity index (χ4n) is 7.06. The molecule has 0 heterocycles. The highest BCUT2D eigenvalue weighted by Crippen LogP contribution is 2.39. The molecule has 3 aromatic carbocycles. The number of aliphatic hydroxyl groups excluding tert-OH is 1. The molecule has 1 saturated carbocycles. The predicted octanol–water partition coefficient (Wildman–Crippen LogP) is 6.70. The standard InChI is InChI=1S/C42H51N3O3/c1-7-44(8-2)33-19-15-30(16-20-33)41(36-24-21-34(27-31(36)28-46)45(9-3)10-4)39-25-26-40(38-14-12-11-13-37(38)39)43-32-17-22-35(23-18-32)48-42(47)29(5)6/h11-16,19-21,24-27,32,35,46H,5,7-10,17-18,22-23,28H2,1-4,6H3/p+1. The maximum Gasteiger partial charge on any atom is 0.333 e. The molecule has 48 heavy (non-hydrogen) atoms. The van der Waals surface area contributed by atoms with E-state index in [0.29, 0.717) is 11.6 Å². The van der Waals surface area contributed by atoms with E-state index in [0.717, 1.165) is 102 Å². The zero-order valence-electron chi connectivity index (χ0n) is 29.4. The number of hydrogen-bond acceptors (Lipinski definition) is 5. The third kappa shape index (κ3) is 7.65. The summed E-state index contributed by atoms with van der Waals surface area (Å²) in [5, 5.41) is 10.7. The molecule has 0 radical (unpaired) electrons. The predicted molar refractivity (Wildman–Crippen MR) is 199 cm³/mol. The number of benzene rings is 3. The molecule has 1 fully saturated rings. The van der Waals surface area contributed by atoms with Gasteiger partial charge in [-0.3, -0.25) is 0 Å². The van der Waals surface area contributed by atoms with Crippen LogP contribution in [0.25, 0.3) is 11.1 Å². The van der Waals surface area contributed by atoms with Gasteiger partial charge in [0.15, 0.2) is 6.04 Å². The minimum Gasteiger partial charge on any atom is -0.459 e. The van der Waals surface area contributed by atoms with Crippen molar-refractivity contribution in [1.82, 2.24) is 0 Å². The Morgan fingerprint density at radius 3 is 2.04 bits per heavy atom. The van der Waals surface area contributed by atoms with Gasteiger partial charge in [-0.05, 0) is 117 Å². The van der Waals surface area contributed by atoms with Crippen molar-refractivity contribution in [2.24, 2.45) is 0 Å². The summed E-state index contributed by atoms with van der Waals surface area (Å²) in [5.74, 6) is -0.296. The van der Waals surface area contributed by atoms with Gasteiger partial charge in [0.25, 0.3) is 0 Å². The van der Waals surface area contributed by atoms with Gasteiger partial charge < -0.3 is 19.6 Å². The maximum atomic E-state index is 12.1. The molecule has 2 N–H and O–H groups in total. The molecular weight excluding hydrogens is 594 g/mol. The van der Waals surface area contributed by atoms with Gasteiger partial charge in [0.2, 0.25) is 5.71 Å². The first-order valence-electron chi connectivity index (χ1n) is 17.7. The van der Waals surface area contributed by atoms with Crippen LogP contribution >= 0.6 is 0 Å². The van der Waals surface area contributed by atoms with Crippen LogP contribution in [0, 0.1) is 0 Å². The molecular formula is C42H52N3O3+. The lowest BCUT2D eigenvalue weighted by Crippen LogP contribution is -2.80. The summed E-state index contributed by atoms with van der Waals surface area (Å²) >= 11 is 0. The Balaban J connectivity index is 1.59. The Morgan fingerprint density at radius 2 is 1.44 bits per heavy atom. The summed E-state index contributed by atoms with van der Waals surface area (Å²) in [7, 11) is 0. The Hall–Kier alpha value is -4.42. The second-order valence-corrected chi connectivity index (χ2v) is 12.8. The molecule has 0 spiro atoms. The van der Waals surface area contributed by atoms with E-state index in [-0.39, 0.29) is 18.7 Å². The van der Waals surface area contributed by atoms with Gasteiger partial charge in [-0.1, -0.05) is 43.0 Å². The molecule has 0 saturated heterocycles. The molecule has 0 unspecified atom stereocenters. The summed E-state index contributed by atoms with van der Waals surface area (Å²) in [5.41, 5.74) is 11.5. The minimum absolute atomic E-state index is 0.0482. The van der Waals surface area contributed by atoms with Crippen LogP contribution in [-0.2, 0) is 16.1 Å². The Labute approximate surface area is 287 Å². The van der Waals surface area contributed by atoms with Crippen LogP contribution in [0.15, 0.2) is 91.0 Å². The second-order valence-electron chi connectivity index (χ2n) is 12.8. The summed E-state index contributed by atoms with van der Waals surface area (Å²) in [6.07, 6.45) is 7.92. The number of fused-ring (bicyclic) bond motifs is 1. The van der Waals surface area contributed by atoms with E-state index in [1.165, 1.54) is 5.69 Å². The third-order valence-electron chi connectivity index (χ3n) is 9.79. The number of allylic oxidation sites excluding steroid dienone is 3. The molecule has 0 aliphatic heterocycles. The highest BCUT2D eigenvalue weighted by atomic mass is 16.5. The highest BCUT2D eigenvalue weighted by molar-refractivity contribution is 6.17. The molecule has 2 aliphatic rings. The van der Waals surface area contributed by atoms with Crippen LogP contribution < -0.4 is 14.8 Å². The molecule has 5 rings (SSSR count). The normalized spacial score (nSPS) is 19.1.